The molecule has 0 radical (unpaired) electrons. The Kier molecular flexibility index (Phi) is 7.97. The molecule has 2 unspecified atom stereocenters. The number of hydrogen-bond donors (Lipinski definition) is 3. The van der Waals surface area contributed by atoms with Crippen molar-refractivity contribution >= 4 is 44.7 Å². The van der Waals surface area contributed by atoms with Crippen LogP contribution in [0.25, 0.3) is 5.65 Å². The number of hydrogen-bond acceptors (Lipinski definition) is 7. The molecule has 2 aromatic heterocycles. The number of halogens is 1. The van der Waals surface area contributed by atoms with Crippen molar-refractivity contribution in [3.8, 4) is 0 Å². The first kappa shape index (κ1) is 27.9. The van der Waals surface area contributed by atoms with E-state index in [4.69, 9.17) is 27.4 Å². The first-order chi connectivity index (χ1) is 19.1. The molecule has 1 aliphatic heterocycles. The summed E-state index contributed by atoms with van der Waals surface area (Å²) in [7, 11) is -3.60. The number of nitrogens with one attached hydrogen (secondary N) is 2. The Morgan fingerprint density at radius 1 is 1.18 bits per heavy atom. The van der Waals surface area contributed by atoms with Crippen LogP contribution >= 0.6 is 11.6 Å². The SMILES string of the molecule is Cc1cn2nc(C3CCCCN3C(=O)c3cc(Cl)ccc3NS(C)(=O)=O)cc2nc1NC(CN)c1ccccc1. The highest BCUT2D eigenvalue weighted by atomic mass is 35.5. The van der Waals surface area contributed by atoms with Crippen molar-refractivity contribution < 1.29 is 13.2 Å². The van der Waals surface area contributed by atoms with E-state index in [0.29, 0.717) is 29.6 Å². The Bertz CT molecular complexity index is 1640. The molecule has 1 saturated heterocycles. The molecule has 12 heteroatoms. The van der Waals surface area contributed by atoms with E-state index in [0.717, 1.165) is 42.3 Å². The summed E-state index contributed by atoms with van der Waals surface area (Å²) in [6, 6.07) is 16.0. The Balaban J connectivity index is 1.46. The fourth-order valence-corrected chi connectivity index (χ4v) is 5.83. The fourth-order valence-electron chi connectivity index (χ4n) is 5.09. The summed E-state index contributed by atoms with van der Waals surface area (Å²) in [4.78, 5) is 20.4. The van der Waals surface area contributed by atoms with Gasteiger partial charge in [-0.2, -0.15) is 5.10 Å². The molecular formula is C28H32ClN7O3S. The van der Waals surface area contributed by atoms with E-state index in [9.17, 15) is 13.2 Å². The third kappa shape index (κ3) is 6.06. The lowest BCUT2D eigenvalue weighted by atomic mass is 9.98. The molecule has 2 aromatic carbocycles. The molecule has 2 atom stereocenters. The van der Waals surface area contributed by atoms with Gasteiger partial charge in [0.25, 0.3) is 5.91 Å². The average molecular weight is 582 g/mol. The molecule has 1 fully saturated rings. The molecule has 0 bridgehead atoms. The molecule has 40 heavy (non-hydrogen) atoms. The number of aryl methyl sites for hydroxylation is 1. The number of rotatable bonds is 8. The van der Waals surface area contributed by atoms with Gasteiger partial charge in [-0.15, -0.1) is 0 Å². The molecule has 0 aliphatic carbocycles. The zero-order valence-corrected chi connectivity index (χ0v) is 23.9. The minimum Gasteiger partial charge on any atom is -0.362 e. The van der Waals surface area contributed by atoms with Crippen LogP contribution in [0.15, 0.2) is 60.8 Å². The van der Waals surface area contributed by atoms with Crippen molar-refractivity contribution in [3.63, 3.8) is 0 Å². The summed E-state index contributed by atoms with van der Waals surface area (Å²) in [5.74, 6) is 0.404. The number of benzene rings is 2. The third-order valence-electron chi connectivity index (χ3n) is 7.01. The first-order valence-corrected chi connectivity index (χ1v) is 15.4. The van der Waals surface area contributed by atoms with Crippen LogP contribution in [0, 0.1) is 6.92 Å². The molecule has 1 amide bonds. The molecule has 3 heterocycles. The van der Waals surface area contributed by atoms with Crippen molar-refractivity contribution in [2.24, 2.45) is 5.73 Å². The van der Waals surface area contributed by atoms with E-state index in [2.05, 4.69) is 10.0 Å². The number of piperidine rings is 1. The van der Waals surface area contributed by atoms with Crippen LogP contribution in [-0.2, 0) is 10.0 Å². The molecule has 0 saturated carbocycles. The van der Waals surface area contributed by atoms with Crippen LogP contribution in [-0.4, -0.2) is 53.2 Å². The lowest BCUT2D eigenvalue weighted by Crippen LogP contribution is -2.39. The minimum absolute atomic E-state index is 0.101. The maximum absolute atomic E-state index is 13.8. The van der Waals surface area contributed by atoms with Crippen LogP contribution in [0.5, 0.6) is 0 Å². The zero-order chi connectivity index (χ0) is 28.4. The standard InChI is InChI=1S/C28H32ClN7O3S/c1-18-17-36-26(32-27(18)31-24(16-30)19-8-4-3-5-9-19)15-23(33-36)25-10-6-7-13-35(25)28(37)21-14-20(29)11-12-22(21)34-40(2,38)39/h3-5,8-9,11-12,14-15,17,24-25,34H,6-7,10,13,16,30H2,1-2H3,(H,31,32). The summed E-state index contributed by atoms with van der Waals surface area (Å²) in [6.07, 6.45) is 5.44. The number of nitrogens with zero attached hydrogens (tertiary/aromatic N) is 4. The quantitative estimate of drug-likeness (QED) is 0.278. The molecular weight excluding hydrogens is 550 g/mol. The fraction of sp³-hybridized carbons (Fsp3) is 0.321. The van der Waals surface area contributed by atoms with Crippen molar-refractivity contribution in [1.82, 2.24) is 19.5 Å². The molecule has 210 valence electrons. The highest BCUT2D eigenvalue weighted by Crippen LogP contribution is 2.34. The number of aromatic nitrogens is 3. The average Bonchev–Trinajstić information content (AvgIpc) is 3.34. The Morgan fingerprint density at radius 3 is 2.67 bits per heavy atom. The number of nitrogens with two attached hydrogens (primary N) is 1. The van der Waals surface area contributed by atoms with Gasteiger partial charge in [0.1, 0.15) is 5.82 Å². The number of carbonyl (C=O) groups is 1. The number of likely N-dealkylation sites (tertiary alicyclic amines) is 1. The maximum Gasteiger partial charge on any atom is 0.256 e. The second-order valence-electron chi connectivity index (χ2n) is 10.1. The van der Waals surface area contributed by atoms with E-state index < -0.39 is 10.0 Å². The second kappa shape index (κ2) is 11.4. The summed E-state index contributed by atoms with van der Waals surface area (Å²) >= 11 is 6.21. The van der Waals surface area contributed by atoms with Gasteiger partial charge in [-0.3, -0.25) is 9.52 Å². The summed E-state index contributed by atoms with van der Waals surface area (Å²) < 4.78 is 28.0. The van der Waals surface area contributed by atoms with Crippen LogP contribution in [0.2, 0.25) is 5.02 Å². The lowest BCUT2D eigenvalue weighted by Gasteiger charge is -2.35. The van der Waals surface area contributed by atoms with Gasteiger partial charge in [0.15, 0.2) is 5.65 Å². The highest BCUT2D eigenvalue weighted by Gasteiger charge is 2.32. The van der Waals surface area contributed by atoms with Crippen molar-refractivity contribution in [2.45, 2.75) is 38.3 Å². The van der Waals surface area contributed by atoms with Gasteiger partial charge in [-0.25, -0.2) is 17.9 Å². The van der Waals surface area contributed by atoms with E-state index in [1.54, 1.807) is 15.5 Å². The van der Waals surface area contributed by atoms with Crippen molar-refractivity contribution in [1.29, 1.82) is 0 Å². The predicted molar refractivity (Wildman–Crippen MR) is 157 cm³/mol. The molecule has 0 spiro atoms. The Morgan fingerprint density at radius 2 is 1.95 bits per heavy atom. The van der Waals surface area contributed by atoms with Crippen LogP contribution in [0.4, 0.5) is 11.5 Å². The van der Waals surface area contributed by atoms with Crippen molar-refractivity contribution in [3.05, 3.63) is 88.2 Å². The number of anilines is 2. The lowest BCUT2D eigenvalue weighted by molar-refractivity contribution is 0.0607. The number of carbonyl (C=O) groups excluding carboxylic acids is 1. The smallest absolute Gasteiger partial charge is 0.256 e. The van der Waals surface area contributed by atoms with Gasteiger partial charge < -0.3 is 16.0 Å². The molecule has 10 nitrogen and oxygen atoms in total. The number of sulfonamides is 1. The van der Waals surface area contributed by atoms with Gasteiger partial charge in [-0.05, 0) is 49.9 Å². The molecule has 1 aliphatic rings. The van der Waals surface area contributed by atoms with E-state index in [1.165, 1.54) is 12.1 Å². The number of amides is 1. The van der Waals surface area contributed by atoms with Crippen molar-refractivity contribution in [2.75, 3.05) is 29.4 Å². The summed E-state index contributed by atoms with van der Waals surface area (Å²) in [5, 5.41) is 8.60. The zero-order valence-electron chi connectivity index (χ0n) is 22.3. The minimum atomic E-state index is -3.60. The third-order valence-corrected chi connectivity index (χ3v) is 7.84. The Labute approximate surface area is 238 Å². The normalized spacial score (nSPS) is 16.6. The molecule has 4 N–H and O–H groups in total. The first-order valence-electron chi connectivity index (χ1n) is 13.1. The molecule has 4 aromatic rings. The predicted octanol–water partition coefficient (Wildman–Crippen LogP) is 4.54. The van der Waals surface area contributed by atoms with Gasteiger partial charge in [0, 0.05) is 35.9 Å². The van der Waals surface area contributed by atoms with E-state index in [1.807, 2.05) is 49.5 Å². The van der Waals surface area contributed by atoms with Crippen LogP contribution in [0.3, 0.4) is 0 Å². The highest BCUT2D eigenvalue weighted by molar-refractivity contribution is 7.92. The number of fused-ring (bicyclic) bond motifs is 1. The van der Waals surface area contributed by atoms with Gasteiger partial charge in [0.05, 0.1) is 35.3 Å². The van der Waals surface area contributed by atoms with E-state index >= 15 is 0 Å². The second-order valence-corrected chi connectivity index (χ2v) is 12.2. The largest absolute Gasteiger partial charge is 0.362 e. The van der Waals surface area contributed by atoms with Gasteiger partial charge >= 0.3 is 0 Å². The van der Waals surface area contributed by atoms with Crippen LogP contribution in [0.1, 0.15) is 58.5 Å². The van der Waals surface area contributed by atoms with Gasteiger partial charge in [-0.1, -0.05) is 41.9 Å². The summed E-state index contributed by atoms with van der Waals surface area (Å²) in [6.45, 7) is 2.87. The Hall–Kier alpha value is -3.67. The van der Waals surface area contributed by atoms with Crippen LogP contribution < -0.4 is 15.8 Å². The summed E-state index contributed by atoms with van der Waals surface area (Å²) in [5.41, 5.74) is 9.80. The van der Waals surface area contributed by atoms with Gasteiger partial charge in [0.2, 0.25) is 10.0 Å². The maximum atomic E-state index is 13.8. The monoisotopic (exact) mass is 581 g/mol. The van der Waals surface area contributed by atoms with E-state index in [-0.39, 0.29) is 29.2 Å². The molecule has 5 rings (SSSR count). The topological polar surface area (TPSA) is 135 Å².